The van der Waals surface area contributed by atoms with Crippen LogP contribution in [0, 0.1) is 5.41 Å². The lowest BCUT2D eigenvalue weighted by molar-refractivity contribution is -0.171. The molecule has 3 nitrogen and oxygen atoms in total. The Labute approximate surface area is 77.8 Å². The number of aliphatic carboxylic acids is 1. The monoisotopic (exact) mass is 184 g/mol. The Morgan fingerprint density at radius 1 is 1.00 bits per heavy atom. The molecule has 2 saturated carbocycles. The van der Waals surface area contributed by atoms with E-state index >= 15 is 0 Å². The highest BCUT2D eigenvalue weighted by molar-refractivity contribution is 5.79. The molecule has 0 aromatic rings. The molecule has 2 aliphatic rings. The predicted octanol–water partition coefficient (Wildman–Crippen LogP) is 1.55. The van der Waals surface area contributed by atoms with Gasteiger partial charge in [-0.05, 0) is 32.1 Å². The highest BCUT2D eigenvalue weighted by Crippen LogP contribution is 2.56. The number of rotatable bonds is 1. The molecule has 0 saturated heterocycles. The molecule has 0 amide bonds. The van der Waals surface area contributed by atoms with E-state index in [-0.39, 0.29) is 5.41 Å². The average Bonchev–Trinajstić information content (AvgIpc) is 2.64. The van der Waals surface area contributed by atoms with Crippen LogP contribution in [0.1, 0.15) is 44.9 Å². The lowest BCUT2D eigenvalue weighted by atomic mass is 9.73. The largest absolute Gasteiger partial charge is 0.479 e. The third kappa shape index (κ3) is 1.03. The third-order valence-electron chi connectivity index (χ3n) is 3.99. The standard InChI is InChI=1S/C10H16O3/c11-8(12)10(13)7-3-6-9(10)4-1-2-5-9/h13H,1-7H2,(H,11,12). The predicted molar refractivity (Wildman–Crippen MR) is 47.3 cm³/mol. The van der Waals surface area contributed by atoms with E-state index in [2.05, 4.69) is 0 Å². The molecular formula is C10H16O3. The lowest BCUT2D eigenvalue weighted by Gasteiger charge is -2.35. The molecule has 0 aromatic carbocycles. The van der Waals surface area contributed by atoms with Gasteiger partial charge in [-0.2, -0.15) is 0 Å². The fourth-order valence-corrected chi connectivity index (χ4v) is 3.20. The highest BCUT2D eigenvalue weighted by Gasteiger charge is 2.59. The number of aliphatic hydroxyl groups is 1. The van der Waals surface area contributed by atoms with Gasteiger partial charge in [-0.15, -0.1) is 0 Å². The first-order valence-electron chi connectivity index (χ1n) is 5.07. The first kappa shape index (κ1) is 9.00. The van der Waals surface area contributed by atoms with Gasteiger partial charge in [0.15, 0.2) is 5.60 Å². The van der Waals surface area contributed by atoms with Crippen molar-refractivity contribution < 1.29 is 15.0 Å². The molecule has 2 fully saturated rings. The summed E-state index contributed by atoms with van der Waals surface area (Å²) in [6.07, 6.45) is 6.16. The fourth-order valence-electron chi connectivity index (χ4n) is 3.20. The van der Waals surface area contributed by atoms with Crippen LogP contribution in [0.4, 0.5) is 0 Å². The Hall–Kier alpha value is -0.570. The van der Waals surface area contributed by atoms with E-state index in [4.69, 9.17) is 5.11 Å². The molecule has 2 N–H and O–H groups in total. The second-order valence-corrected chi connectivity index (χ2v) is 4.51. The molecule has 1 spiro atoms. The molecule has 74 valence electrons. The summed E-state index contributed by atoms with van der Waals surface area (Å²) in [5.74, 6) is -1.01. The number of carbonyl (C=O) groups is 1. The Kier molecular flexibility index (Phi) is 1.88. The van der Waals surface area contributed by atoms with E-state index in [9.17, 15) is 9.90 Å². The molecule has 0 radical (unpaired) electrons. The van der Waals surface area contributed by atoms with Crippen molar-refractivity contribution in [3.8, 4) is 0 Å². The Morgan fingerprint density at radius 2 is 1.54 bits per heavy atom. The maximum Gasteiger partial charge on any atom is 0.336 e. The number of carboxylic acids is 1. The second kappa shape index (κ2) is 2.71. The minimum absolute atomic E-state index is 0.279. The summed E-state index contributed by atoms with van der Waals surface area (Å²) in [4.78, 5) is 11.0. The van der Waals surface area contributed by atoms with Crippen molar-refractivity contribution in [1.29, 1.82) is 0 Å². The van der Waals surface area contributed by atoms with Crippen LogP contribution in [0.15, 0.2) is 0 Å². The summed E-state index contributed by atoms with van der Waals surface area (Å²) in [5, 5.41) is 19.2. The zero-order chi connectivity index (χ0) is 9.53. The van der Waals surface area contributed by atoms with E-state index in [1.807, 2.05) is 0 Å². The molecule has 1 unspecified atom stereocenters. The molecule has 0 heterocycles. The van der Waals surface area contributed by atoms with Crippen molar-refractivity contribution in [2.75, 3.05) is 0 Å². The van der Waals surface area contributed by atoms with Crippen LogP contribution in [0.5, 0.6) is 0 Å². The van der Waals surface area contributed by atoms with Crippen LogP contribution in [-0.2, 0) is 4.79 Å². The number of hydrogen-bond donors (Lipinski definition) is 2. The van der Waals surface area contributed by atoms with E-state index in [0.717, 1.165) is 38.5 Å². The van der Waals surface area contributed by atoms with Crippen LogP contribution in [-0.4, -0.2) is 21.8 Å². The van der Waals surface area contributed by atoms with Gasteiger partial charge in [-0.25, -0.2) is 4.79 Å². The summed E-state index contributed by atoms with van der Waals surface area (Å²) in [6, 6.07) is 0. The third-order valence-corrected chi connectivity index (χ3v) is 3.99. The van der Waals surface area contributed by atoms with Gasteiger partial charge in [0.05, 0.1) is 0 Å². The van der Waals surface area contributed by atoms with Gasteiger partial charge < -0.3 is 10.2 Å². The smallest absolute Gasteiger partial charge is 0.336 e. The van der Waals surface area contributed by atoms with Crippen molar-refractivity contribution in [3.05, 3.63) is 0 Å². The van der Waals surface area contributed by atoms with Gasteiger partial charge in [0.2, 0.25) is 0 Å². The topological polar surface area (TPSA) is 57.5 Å². The SMILES string of the molecule is O=C(O)C1(O)CCCC12CCCC2. The molecule has 2 aliphatic carbocycles. The van der Waals surface area contributed by atoms with Gasteiger partial charge in [-0.3, -0.25) is 0 Å². The summed E-state index contributed by atoms with van der Waals surface area (Å²) in [7, 11) is 0. The minimum atomic E-state index is -1.41. The lowest BCUT2D eigenvalue weighted by Crippen LogP contribution is -2.49. The van der Waals surface area contributed by atoms with E-state index in [0.29, 0.717) is 6.42 Å². The molecular weight excluding hydrogens is 168 g/mol. The van der Waals surface area contributed by atoms with E-state index in [1.54, 1.807) is 0 Å². The maximum atomic E-state index is 11.0. The van der Waals surface area contributed by atoms with Gasteiger partial charge in [0.1, 0.15) is 0 Å². The van der Waals surface area contributed by atoms with Crippen LogP contribution < -0.4 is 0 Å². The number of hydrogen-bond acceptors (Lipinski definition) is 2. The zero-order valence-electron chi connectivity index (χ0n) is 7.75. The summed E-state index contributed by atoms with van der Waals surface area (Å²) in [6.45, 7) is 0. The van der Waals surface area contributed by atoms with Crippen LogP contribution in [0.2, 0.25) is 0 Å². The first-order valence-corrected chi connectivity index (χ1v) is 5.07. The molecule has 2 rings (SSSR count). The van der Waals surface area contributed by atoms with Crippen molar-refractivity contribution in [3.63, 3.8) is 0 Å². The molecule has 0 bridgehead atoms. The normalized spacial score (nSPS) is 37.0. The molecule has 3 heteroatoms. The maximum absolute atomic E-state index is 11.0. The molecule has 0 aromatic heterocycles. The molecule has 13 heavy (non-hydrogen) atoms. The van der Waals surface area contributed by atoms with Crippen LogP contribution >= 0.6 is 0 Å². The van der Waals surface area contributed by atoms with Crippen LogP contribution in [0.3, 0.4) is 0 Å². The van der Waals surface area contributed by atoms with Gasteiger partial charge in [0, 0.05) is 5.41 Å². The van der Waals surface area contributed by atoms with Crippen molar-refractivity contribution >= 4 is 5.97 Å². The summed E-state index contributed by atoms with van der Waals surface area (Å²) < 4.78 is 0. The van der Waals surface area contributed by atoms with Crippen LogP contribution in [0.25, 0.3) is 0 Å². The number of carboxylic acid groups (broad SMARTS) is 1. The first-order chi connectivity index (χ1) is 6.11. The Balaban J connectivity index is 2.31. The zero-order valence-corrected chi connectivity index (χ0v) is 7.75. The summed E-state index contributed by atoms with van der Waals surface area (Å²) >= 11 is 0. The second-order valence-electron chi connectivity index (χ2n) is 4.51. The van der Waals surface area contributed by atoms with Gasteiger partial charge >= 0.3 is 5.97 Å². The van der Waals surface area contributed by atoms with Crippen molar-refractivity contribution in [2.24, 2.45) is 5.41 Å². The molecule has 1 atom stereocenters. The highest BCUT2D eigenvalue weighted by atomic mass is 16.4. The molecule has 0 aliphatic heterocycles. The summed E-state index contributed by atoms with van der Waals surface area (Å²) in [5.41, 5.74) is -1.69. The van der Waals surface area contributed by atoms with Gasteiger partial charge in [0.25, 0.3) is 0 Å². The van der Waals surface area contributed by atoms with Crippen molar-refractivity contribution in [2.45, 2.75) is 50.5 Å². The Morgan fingerprint density at radius 3 is 2.08 bits per heavy atom. The van der Waals surface area contributed by atoms with Gasteiger partial charge in [-0.1, -0.05) is 12.8 Å². The van der Waals surface area contributed by atoms with E-state index < -0.39 is 11.6 Å². The minimum Gasteiger partial charge on any atom is -0.479 e. The fraction of sp³-hybridized carbons (Fsp3) is 0.900. The Bertz CT molecular complexity index is 225. The quantitative estimate of drug-likeness (QED) is 0.650. The van der Waals surface area contributed by atoms with E-state index in [1.165, 1.54) is 0 Å². The average molecular weight is 184 g/mol. The van der Waals surface area contributed by atoms with Crippen molar-refractivity contribution in [1.82, 2.24) is 0 Å².